The van der Waals surface area contributed by atoms with Crippen LogP contribution in [0.3, 0.4) is 0 Å². The molecule has 0 radical (unpaired) electrons. The zero-order valence-corrected chi connectivity index (χ0v) is 13.2. The van der Waals surface area contributed by atoms with Gasteiger partial charge in [0.25, 0.3) is 0 Å². The number of hydrogen-bond acceptors (Lipinski definition) is 6. The van der Waals surface area contributed by atoms with Crippen molar-refractivity contribution in [1.82, 2.24) is 9.97 Å². The molecule has 0 aliphatic rings. The fraction of sp³-hybridized carbons (Fsp3) is 0.118. The Bertz CT molecular complexity index is 1070. The summed E-state index contributed by atoms with van der Waals surface area (Å²) in [5.74, 6) is -0.415. The predicted octanol–water partition coefficient (Wildman–Crippen LogP) is 3.76. The Morgan fingerprint density at radius 3 is 2.96 bits per heavy atom. The molecule has 5 nitrogen and oxygen atoms in total. The molecular formula is C17H13N3O2S. The second kappa shape index (κ2) is 5.17. The van der Waals surface area contributed by atoms with E-state index in [-0.39, 0.29) is 0 Å². The highest BCUT2D eigenvalue weighted by molar-refractivity contribution is 7.21. The maximum absolute atomic E-state index is 12.0. The second-order valence-electron chi connectivity index (χ2n) is 5.12. The average molecular weight is 323 g/mol. The van der Waals surface area contributed by atoms with Gasteiger partial charge in [-0.1, -0.05) is 18.2 Å². The molecule has 2 N–H and O–H groups in total. The highest BCUT2D eigenvalue weighted by atomic mass is 32.1. The summed E-state index contributed by atoms with van der Waals surface area (Å²) in [6.07, 6.45) is 1.77. The van der Waals surface area contributed by atoms with E-state index in [1.54, 1.807) is 13.1 Å². The number of para-hydroxylation sites is 1. The number of nitrogen functional groups attached to an aromatic ring is 1. The normalized spacial score (nSPS) is 11.3. The van der Waals surface area contributed by atoms with Crippen molar-refractivity contribution in [3.8, 4) is 0 Å². The Morgan fingerprint density at radius 1 is 1.30 bits per heavy atom. The van der Waals surface area contributed by atoms with Gasteiger partial charge in [0.15, 0.2) is 0 Å². The van der Waals surface area contributed by atoms with Gasteiger partial charge in [-0.05, 0) is 19.1 Å². The molecule has 4 aromatic rings. The van der Waals surface area contributed by atoms with Crippen LogP contribution >= 0.6 is 11.3 Å². The molecule has 3 heterocycles. The smallest absolute Gasteiger partial charge is 0.350 e. The van der Waals surface area contributed by atoms with Crippen LogP contribution < -0.4 is 5.73 Å². The highest BCUT2D eigenvalue weighted by Crippen LogP contribution is 2.37. The summed E-state index contributed by atoms with van der Waals surface area (Å²) in [4.78, 5) is 22.3. The highest BCUT2D eigenvalue weighted by Gasteiger charge is 2.20. The number of carbonyl (C=O) groups excluding carboxylic acids is 1. The van der Waals surface area contributed by atoms with E-state index in [0.29, 0.717) is 22.0 Å². The van der Waals surface area contributed by atoms with Crippen LogP contribution in [0, 0.1) is 0 Å². The van der Waals surface area contributed by atoms with E-state index < -0.39 is 5.97 Å². The van der Waals surface area contributed by atoms with Crippen LogP contribution in [0.1, 0.15) is 16.6 Å². The van der Waals surface area contributed by atoms with Gasteiger partial charge in [0.1, 0.15) is 9.71 Å². The fourth-order valence-electron chi connectivity index (χ4n) is 2.66. The van der Waals surface area contributed by atoms with Crippen molar-refractivity contribution >= 4 is 55.0 Å². The summed E-state index contributed by atoms with van der Waals surface area (Å²) >= 11 is 1.24. The molecule has 0 saturated heterocycles. The van der Waals surface area contributed by atoms with E-state index in [4.69, 9.17) is 15.5 Å². The van der Waals surface area contributed by atoms with E-state index >= 15 is 0 Å². The summed E-state index contributed by atoms with van der Waals surface area (Å²) in [5, 5.41) is 2.66. The van der Waals surface area contributed by atoms with Crippen molar-refractivity contribution in [1.29, 1.82) is 0 Å². The summed E-state index contributed by atoms with van der Waals surface area (Å²) in [6, 6.07) is 9.91. The van der Waals surface area contributed by atoms with Gasteiger partial charge >= 0.3 is 5.97 Å². The lowest BCUT2D eigenvalue weighted by atomic mass is 10.1. The first kappa shape index (κ1) is 13.9. The molecule has 3 aromatic heterocycles. The zero-order valence-electron chi connectivity index (χ0n) is 12.4. The molecule has 0 atom stereocenters. The first-order chi connectivity index (χ1) is 11.2. The van der Waals surface area contributed by atoms with E-state index in [1.807, 2.05) is 30.3 Å². The number of fused-ring (bicyclic) bond motifs is 4. The van der Waals surface area contributed by atoms with Crippen molar-refractivity contribution in [2.24, 2.45) is 0 Å². The van der Waals surface area contributed by atoms with Crippen LogP contribution in [0.5, 0.6) is 0 Å². The van der Waals surface area contributed by atoms with Gasteiger partial charge in [0, 0.05) is 17.0 Å². The fourth-order valence-corrected chi connectivity index (χ4v) is 3.62. The molecule has 4 rings (SSSR count). The number of anilines is 1. The number of thiophene rings is 1. The quantitative estimate of drug-likeness (QED) is 0.449. The van der Waals surface area contributed by atoms with Crippen LogP contribution in [-0.4, -0.2) is 22.5 Å². The van der Waals surface area contributed by atoms with E-state index in [1.165, 1.54) is 11.3 Å². The van der Waals surface area contributed by atoms with E-state index in [2.05, 4.69) is 4.98 Å². The molecule has 0 bridgehead atoms. The van der Waals surface area contributed by atoms with Crippen LogP contribution in [0.25, 0.3) is 32.0 Å². The first-order valence-corrected chi connectivity index (χ1v) is 8.04. The predicted molar refractivity (Wildman–Crippen MR) is 92.8 cm³/mol. The molecule has 23 heavy (non-hydrogen) atoms. The Balaban J connectivity index is 2.07. The SMILES string of the molecule is CCOC(=O)c1sc2ncc3cc4ccccc4nc3c2c1N. The number of nitrogens with two attached hydrogens (primary N) is 1. The van der Waals surface area contributed by atoms with Gasteiger partial charge < -0.3 is 10.5 Å². The van der Waals surface area contributed by atoms with Crippen LogP contribution in [0.4, 0.5) is 5.69 Å². The molecule has 0 aliphatic carbocycles. The lowest BCUT2D eigenvalue weighted by Crippen LogP contribution is -2.04. The third-order valence-electron chi connectivity index (χ3n) is 3.70. The molecule has 6 heteroatoms. The molecule has 0 unspecified atom stereocenters. The van der Waals surface area contributed by atoms with Gasteiger partial charge in [-0.2, -0.15) is 0 Å². The average Bonchev–Trinajstić information content (AvgIpc) is 2.90. The summed E-state index contributed by atoms with van der Waals surface area (Å²) in [6.45, 7) is 2.08. The lowest BCUT2D eigenvalue weighted by Gasteiger charge is -2.03. The second-order valence-corrected chi connectivity index (χ2v) is 6.12. The number of aromatic nitrogens is 2. The molecular weight excluding hydrogens is 310 g/mol. The number of rotatable bonds is 2. The van der Waals surface area contributed by atoms with Crippen molar-refractivity contribution in [2.75, 3.05) is 12.3 Å². The zero-order chi connectivity index (χ0) is 16.0. The number of esters is 1. The van der Waals surface area contributed by atoms with E-state index in [0.717, 1.165) is 27.2 Å². The number of carbonyl (C=O) groups is 1. The summed E-state index contributed by atoms with van der Waals surface area (Å²) in [7, 11) is 0. The number of ether oxygens (including phenoxy) is 1. The Kier molecular flexibility index (Phi) is 3.12. The van der Waals surface area contributed by atoms with Crippen LogP contribution in [0.2, 0.25) is 0 Å². The van der Waals surface area contributed by atoms with E-state index in [9.17, 15) is 4.79 Å². The van der Waals surface area contributed by atoms with Gasteiger partial charge in [-0.15, -0.1) is 11.3 Å². The minimum atomic E-state index is -0.415. The molecule has 1 aromatic carbocycles. The van der Waals surface area contributed by atoms with Gasteiger partial charge in [-0.3, -0.25) is 0 Å². The minimum absolute atomic E-state index is 0.309. The minimum Gasteiger partial charge on any atom is -0.462 e. The maximum atomic E-state index is 12.0. The molecule has 114 valence electrons. The molecule has 0 aliphatic heterocycles. The number of nitrogens with zero attached hydrogens (tertiary/aromatic N) is 2. The number of hydrogen-bond donors (Lipinski definition) is 1. The molecule has 0 saturated carbocycles. The van der Waals surface area contributed by atoms with Crippen molar-refractivity contribution < 1.29 is 9.53 Å². The largest absolute Gasteiger partial charge is 0.462 e. The topological polar surface area (TPSA) is 78.1 Å². The standard InChI is InChI=1S/C17H13N3O2S/c1-2-22-17(21)15-13(18)12-14-10(8-19-16(12)23-15)7-9-5-3-4-6-11(9)20-14/h3-8H,2,18H2,1H3. The Hall–Kier alpha value is -2.73. The van der Waals surface area contributed by atoms with Gasteiger partial charge in [0.2, 0.25) is 0 Å². The number of benzene rings is 1. The summed E-state index contributed by atoms with van der Waals surface area (Å²) < 4.78 is 5.06. The lowest BCUT2D eigenvalue weighted by molar-refractivity contribution is 0.0533. The summed E-state index contributed by atoms with van der Waals surface area (Å²) in [5.41, 5.74) is 8.25. The van der Waals surface area contributed by atoms with Crippen LogP contribution in [-0.2, 0) is 4.74 Å². The third kappa shape index (κ3) is 2.10. The van der Waals surface area contributed by atoms with Gasteiger partial charge in [0.05, 0.1) is 28.7 Å². The van der Waals surface area contributed by atoms with Crippen molar-refractivity contribution in [3.63, 3.8) is 0 Å². The Morgan fingerprint density at radius 2 is 2.13 bits per heavy atom. The first-order valence-electron chi connectivity index (χ1n) is 7.22. The molecule has 0 amide bonds. The van der Waals surface area contributed by atoms with Crippen molar-refractivity contribution in [3.05, 3.63) is 41.4 Å². The van der Waals surface area contributed by atoms with Gasteiger partial charge in [-0.25, -0.2) is 14.8 Å². The number of pyridine rings is 2. The maximum Gasteiger partial charge on any atom is 0.350 e. The molecule has 0 fully saturated rings. The van der Waals surface area contributed by atoms with Crippen molar-refractivity contribution in [2.45, 2.75) is 6.92 Å². The monoisotopic (exact) mass is 323 g/mol. The van der Waals surface area contributed by atoms with Crippen LogP contribution in [0.15, 0.2) is 36.5 Å². The Labute approximate surface area is 135 Å². The third-order valence-corrected chi connectivity index (χ3v) is 4.79. The molecule has 0 spiro atoms.